The molecule has 96 valence electrons. The smallest absolute Gasteiger partial charge is 0.231 e. The Hall–Kier alpha value is -1.44. The molecule has 0 saturated heterocycles. The Morgan fingerprint density at radius 2 is 2.06 bits per heavy atom. The number of hydrogen-bond acceptors (Lipinski definition) is 3. The molecule has 3 nitrogen and oxygen atoms in total. The minimum atomic E-state index is -1.47. The van der Waals surface area contributed by atoms with Crippen LogP contribution in [-0.2, 0) is 0 Å². The largest absolute Gasteiger partial charge is 0.454 e. The van der Waals surface area contributed by atoms with Gasteiger partial charge in [0.15, 0.2) is 11.5 Å². The minimum Gasteiger partial charge on any atom is -0.454 e. The van der Waals surface area contributed by atoms with Crippen molar-refractivity contribution in [2.45, 2.75) is 32.2 Å². The summed E-state index contributed by atoms with van der Waals surface area (Å²) in [6.45, 7) is 6.79. The first-order valence-electron chi connectivity index (χ1n) is 6.12. The maximum Gasteiger partial charge on any atom is 0.231 e. The first-order chi connectivity index (χ1) is 8.52. The zero-order valence-corrected chi connectivity index (χ0v) is 12.0. The molecule has 1 aliphatic heterocycles. The molecule has 0 amide bonds. The van der Waals surface area contributed by atoms with Crippen LogP contribution in [0.4, 0.5) is 0 Å². The van der Waals surface area contributed by atoms with Crippen molar-refractivity contribution in [1.82, 2.24) is 0 Å². The van der Waals surface area contributed by atoms with Crippen molar-refractivity contribution in [2.75, 3.05) is 6.79 Å². The lowest BCUT2D eigenvalue weighted by molar-refractivity contribution is 0.173. The van der Waals surface area contributed by atoms with Crippen LogP contribution in [0.15, 0.2) is 18.2 Å². The molecule has 0 aliphatic carbocycles. The van der Waals surface area contributed by atoms with Gasteiger partial charge in [-0.3, -0.25) is 0 Å². The highest BCUT2D eigenvalue weighted by molar-refractivity contribution is 6.85. The third-order valence-electron chi connectivity index (χ3n) is 3.14. The van der Waals surface area contributed by atoms with E-state index in [4.69, 9.17) is 9.47 Å². The van der Waals surface area contributed by atoms with E-state index >= 15 is 0 Å². The van der Waals surface area contributed by atoms with Gasteiger partial charge in [0.25, 0.3) is 0 Å². The molecule has 0 bridgehead atoms. The molecular formula is C14H18O3Si. The van der Waals surface area contributed by atoms with Gasteiger partial charge in [-0.15, -0.1) is 5.54 Å². The van der Waals surface area contributed by atoms with Gasteiger partial charge in [0.1, 0.15) is 14.2 Å². The second kappa shape index (κ2) is 5.05. The van der Waals surface area contributed by atoms with E-state index in [9.17, 15) is 5.11 Å². The van der Waals surface area contributed by atoms with Crippen LogP contribution in [0, 0.1) is 11.5 Å². The third-order valence-corrected chi connectivity index (χ3v) is 5.73. The second-order valence-electron chi connectivity index (χ2n) is 5.02. The van der Waals surface area contributed by atoms with E-state index in [1.54, 1.807) is 6.07 Å². The molecule has 1 heterocycles. The summed E-state index contributed by atoms with van der Waals surface area (Å²) in [4.78, 5) is 0. The second-order valence-corrected chi connectivity index (χ2v) is 9.75. The highest BCUT2D eigenvalue weighted by Gasteiger charge is 2.17. The highest BCUT2D eigenvalue weighted by Crippen LogP contribution is 2.34. The SMILES string of the molecule is CC[Si](C)(C)C#CC(O)c1ccc2c(c1)OCO2. The molecule has 0 aromatic heterocycles. The third kappa shape index (κ3) is 2.87. The fourth-order valence-electron chi connectivity index (χ4n) is 1.52. The molecular weight excluding hydrogens is 244 g/mol. The number of aliphatic hydroxyl groups excluding tert-OH is 1. The van der Waals surface area contributed by atoms with Gasteiger partial charge in [-0.05, 0) is 23.7 Å². The Bertz CT molecular complexity index is 499. The quantitative estimate of drug-likeness (QED) is 0.658. The minimum absolute atomic E-state index is 0.246. The molecule has 4 heteroatoms. The Morgan fingerprint density at radius 1 is 1.33 bits per heavy atom. The van der Waals surface area contributed by atoms with Crippen molar-refractivity contribution < 1.29 is 14.6 Å². The maximum absolute atomic E-state index is 10.1. The van der Waals surface area contributed by atoms with E-state index in [2.05, 4.69) is 31.5 Å². The van der Waals surface area contributed by atoms with Crippen molar-refractivity contribution in [2.24, 2.45) is 0 Å². The number of rotatable bonds is 2. The summed E-state index contributed by atoms with van der Waals surface area (Å²) in [5.74, 6) is 4.36. The van der Waals surface area contributed by atoms with E-state index in [-0.39, 0.29) is 6.79 Å². The van der Waals surface area contributed by atoms with Gasteiger partial charge in [0.2, 0.25) is 6.79 Å². The molecule has 0 saturated carbocycles. The summed E-state index contributed by atoms with van der Waals surface area (Å²) < 4.78 is 10.5. The maximum atomic E-state index is 10.1. The normalized spacial score (nSPS) is 14.9. The van der Waals surface area contributed by atoms with Crippen LogP contribution in [0.3, 0.4) is 0 Å². The number of benzene rings is 1. The molecule has 1 unspecified atom stereocenters. The van der Waals surface area contributed by atoms with Crippen LogP contribution < -0.4 is 9.47 Å². The zero-order chi connectivity index (χ0) is 13.2. The van der Waals surface area contributed by atoms with Gasteiger partial charge in [0.05, 0.1) is 0 Å². The summed E-state index contributed by atoms with van der Waals surface area (Å²) >= 11 is 0. The Morgan fingerprint density at radius 3 is 2.78 bits per heavy atom. The van der Waals surface area contributed by atoms with Gasteiger partial charge in [-0.1, -0.05) is 32.0 Å². The standard InChI is InChI=1S/C14H18O3Si/c1-4-18(2,3)8-7-12(15)11-5-6-13-14(9-11)17-10-16-13/h5-6,9,12,15H,4,10H2,1-3H3. The van der Waals surface area contributed by atoms with Crippen molar-refractivity contribution in [3.63, 3.8) is 0 Å². The van der Waals surface area contributed by atoms with Gasteiger partial charge in [-0.2, -0.15) is 0 Å². The van der Waals surface area contributed by atoms with Crippen LogP contribution in [-0.4, -0.2) is 20.0 Å². The van der Waals surface area contributed by atoms with Gasteiger partial charge >= 0.3 is 0 Å². The zero-order valence-electron chi connectivity index (χ0n) is 11.0. The number of fused-ring (bicyclic) bond motifs is 1. The molecule has 1 atom stereocenters. The van der Waals surface area contributed by atoms with Gasteiger partial charge in [-0.25, -0.2) is 0 Å². The topological polar surface area (TPSA) is 38.7 Å². The van der Waals surface area contributed by atoms with Crippen LogP contribution in [0.1, 0.15) is 18.6 Å². The molecule has 1 aromatic rings. The van der Waals surface area contributed by atoms with Crippen molar-refractivity contribution in [3.8, 4) is 23.0 Å². The molecule has 1 N–H and O–H groups in total. The number of ether oxygens (including phenoxy) is 2. The average molecular weight is 262 g/mol. The van der Waals surface area contributed by atoms with Crippen molar-refractivity contribution in [1.29, 1.82) is 0 Å². The Labute approximate surface area is 109 Å². The van der Waals surface area contributed by atoms with E-state index in [0.717, 1.165) is 17.4 Å². The monoisotopic (exact) mass is 262 g/mol. The van der Waals surface area contributed by atoms with E-state index < -0.39 is 14.2 Å². The van der Waals surface area contributed by atoms with E-state index in [0.29, 0.717) is 5.75 Å². The fraction of sp³-hybridized carbons (Fsp3) is 0.429. The van der Waals surface area contributed by atoms with Crippen LogP contribution in [0.5, 0.6) is 11.5 Å². The summed E-state index contributed by atoms with van der Waals surface area (Å²) in [5.41, 5.74) is 4.00. The average Bonchev–Trinajstić information content (AvgIpc) is 2.83. The molecule has 0 fully saturated rings. The molecule has 18 heavy (non-hydrogen) atoms. The molecule has 1 aliphatic rings. The molecule has 1 aromatic carbocycles. The van der Waals surface area contributed by atoms with Crippen LogP contribution >= 0.6 is 0 Å². The van der Waals surface area contributed by atoms with Crippen LogP contribution in [0.25, 0.3) is 0 Å². The molecule has 0 spiro atoms. The summed E-state index contributed by atoms with van der Waals surface area (Å²) in [5, 5.41) is 10.1. The van der Waals surface area contributed by atoms with E-state index in [1.165, 1.54) is 0 Å². The van der Waals surface area contributed by atoms with Crippen molar-refractivity contribution >= 4 is 8.07 Å². The summed E-state index contributed by atoms with van der Waals surface area (Å²) in [6, 6.07) is 6.52. The predicted molar refractivity (Wildman–Crippen MR) is 73.3 cm³/mol. The summed E-state index contributed by atoms with van der Waals surface area (Å²) in [7, 11) is -1.47. The predicted octanol–water partition coefficient (Wildman–Crippen LogP) is 2.72. The number of aliphatic hydroxyl groups is 1. The number of hydrogen-bond donors (Lipinski definition) is 1. The lowest BCUT2D eigenvalue weighted by atomic mass is 10.1. The van der Waals surface area contributed by atoms with Gasteiger partial charge in [0, 0.05) is 0 Å². The lowest BCUT2D eigenvalue weighted by Crippen LogP contribution is -2.21. The van der Waals surface area contributed by atoms with Crippen molar-refractivity contribution in [3.05, 3.63) is 23.8 Å². The Balaban J connectivity index is 2.17. The van der Waals surface area contributed by atoms with E-state index in [1.807, 2.05) is 12.1 Å². The summed E-state index contributed by atoms with van der Waals surface area (Å²) in [6.07, 6.45) is -0.752. The van der Waals surface area contributed by atoms with Crippen LogP contribution in [0.2, 0.25) is 19.1 Å². The first-order valence-corrected chi connectivity index (χ1v) is 9.33. The Kier molecular flexibility index (Phi) is 3.65. The fourth-order valence-corrected chi connectivity index (χ4v) is 2.22. The highest BCUT2D eigenvalue weighted by atomic mass is 28.3. The van der Waals surface area contributed by atoms with Gasteiger partial charge < -0.3 is 14.6 Å². The first kappa shape index (κ1) is 13.0. The molecule has 0 radical (unpaired) electrons. The lowest BCUT2D eigenvalue weighted by Gasteiger charge is -2.11. The molecule has 2 rings (SSSR count).